The highest BCUT2D eigenvalue weighted by atomic mass is 16.5. The van der Waals surface area contributed by atoms with Crippen molar-refractivity contribution in [1.29, 1.82) is 0 Å². The van der Waals surface area contributed by atoms with Crippen molar-refractivity contribution in [3.8, 4) is 5.75 Å². The number of pyridine rings is 1. The van der Waals surface area contributed by atoms with Gasteiger partial charge in [-0.25, -0.2) is 0 Å². The maximum absolute atomic E-state index is 13.2. The maximum atomic E-state index is 13.2. The van der Waals surface area contributed by atoms with E-state index in [9.17, 15) is 9.59 Å². The fourth-order valence-electron chi connectivity index (χ4n) is 3.36. The van der Waals surface area contributed by atoms with Gasteiger partial charge in [0, 0.05) is 37.8 Å². The minimum absolute atomic E-state index is 0.0697. The highest BCUT2D eigenvalue weighted by Crippen LogP contribution is 2.31. The molecule has 1 saturated heterocycles. The summed E-state index contributed by atoms with van der Waals surface area (Å²) < 4.78 is 18.5. The molecule has 0 N–H and O–H groups in total. The molecule has 1 aliphatic carbocycles. The van der Waals surface area contributed by atoms with Crippen molar-refractivity contribution in [2.24, 2.45) is 5.92 Å². The van der Waals surface area contributed by atoms with E-state index in [1.165, 1.54) is 6.07 Å². The topological polar surface area (TPSA) is 70.0 Å². The molecule has 2 fully saturated rings. The summed E-state index contributed by atoms with van der Waals surface area (Å²) in [5.41, 5.74) is 1.16. The van der Waals surface area contributed by atoms with Crippen LogP contribution in [0.1, 0.15) is 28.9 Å². The molecule has 1 aromatic rings. The third-order valence-corrected chi connectivity index (χ3v) is 5.01. The van der Waals surface area contributed by atoms with E-state index in [0.29, 0.717) is 76.3 Å². The zero-order valence-electron chi connectivity index (χ0n) is 14.4. The Morgan fingerprint density at radius 3 is 2.60 bits per heavy atom. The second-order valence-corrected chi connectivity index (χ2v) is 6.84. The molecule has 3 heterocycles. The van der Waals surface area contributed by atoms with Gasteiger partial charge in [-0.1, -0.05) is 0 Å². The van der Waals surface area contributed by atoms with Gasteiger partial charge < -0.3 is 23.7 Å². The summed E-state index contributed by atoms with van der Waals surface area (Å²) in [6.07, 6.45) is 2.86. The van der Waals surface area contributed by atoms with E-state index in [0.717, 1.165) is 18.5 Å². The average molecular weight is 348 g/mol. The van der Waals surface area contributed by atoms with Crippen LogP contribution in [0.5, 0.6) is 5.75 Å². The molecule has 4 rings (SSSR count). The molecule has 0 bridgehead atoms. The summed E-state index contributed by atoms with van der Waals surface area (Å²) in [7, 11) is 0. The van der Waals surface area contributed by atoms with E-state index in [1.54, 1.807) is 9.47 Å². The zero-order valence-corrected chi connectivity index (χ0v) is 14.4. The number of carbonyl (C=O) groups excluding carboxylic acids is 1. The number of morpholine rings is 1. The summed E-state index contributed by atoms with van der Waals surface area (Å²) in [6.45, 7) is 4.26. The van der Waals surface area contributed by atoms with Gasteiger partial charge in [0.1, 0.15) is 11.3 Å². The van der Waals surface area contributed by atoms with Gasteiger partial charge in [0.2, 0.25) is 0 Å². The van der Waals surface area contributed by atoms with Crippen LogP contribution in [-0.2, 0) is 22.4 Å². The standard InChI is InChI=1S/C18H24N2O5/c21-16-11-15(25-12-13-1-2-13)17(14-3-7-23-10-6-20(14)16)18(22)19-4-8-24-9-5-19/h11,13H,1-10,12H2. The molecule has 1 aromatic heterocycles. The first-order chi connectivity index (χ1) is 12.2. The van der Waals surface area contributed by atoms with Crippen LogP contribution < -0.4 is 10.3 Å². The van der Waals surface area contributed by atoms with Crippen molar-refractivity contribution >= 4 is 5.91 Å². The van der Waals surface area contributed by atoms with Gasteiger partial charge >= 0.3 is 0 Å². The molecule has 7 nitrogen and oxygen atoms in total. The number of rotatable bonds is 4. The van der Waals surface area contributed by atoms with Crippen molar-refractivity contribution in [3.05, 3.63) is 27.7 Å². The summed E-state index contributed by atoms with van der Waals surface area (Å²) in [6, 6.07) is 1.48. The highest BCUT2D eigenvalue weighted by Gasteiger charge is 2.30. The molecule has 1 saturated carbocycles. The van der Waals surface area contributed by atoms with Crippen LogP contribution in [0.15, 0.2) is 10.9 Å². The fourth-order valence-corrected chi connectivity index (χ4v) is 3.36. The Morgan fingerprint density at radius 2 is 1.84 bits per heavy atom. The maximum Gasteiger partial charge on any atom is 0.259 e. The number of amides is 1. The van der Waals surface area contributed by atoms with Crippen LogP contribution in [0.25, 0.3) is 0 Å². The van der Waals surface area contributed by atoms with Gasteiger partial charge in [0.25, 0.3) is 11.5 Å². The average Bonchev–Trinajstić information content (AvgIpc) is 3.47. The molecule has 1 amide bonds. The SMILES string of the molecule is O=C(c1c(OCC2CC2)cc(=O)n2c1CCOCC2)N1CCOCC1. The van der Waals surface area contributed by atoms with Crippen molar-refractivity contribution in [3.63, 3.8) is 0 Å². The van der Waals surface area contributed by atoms with E-state index in [2.05, 4.69) is 0 Å². The Labute approximate surface area is 146 Å². The third-order valence-electron chi connectivity index (χ3n) is 5.01. The quantitative estimate of drug-likeness (QED) is 0.800. The van der Waals surface area contributed by atoms with Gasteiger partial charge in [-0.05, 0) is 18.8 Å². The minimum atomic E-state index is -0.121. The summed E-state index contributed by atoms with van der Waals surface area (Å²) in [5.74, 6) is 0.914. The van der Waals surface area contributed by atoms with Crippen molar-refractivity contribution in [2.45, 2.75) is 25.8 Å². The zero-order chi connectivity index (χ0) is 17.2. The van der Waals surface area contributed by atoms with Crippen LogP contribution in [0.3, 0.4) is 0 Å². The first-order valence-corrected chi connectivity index (χ1v) is 9.08. The number of carbonyl (C=O) groups is 1. The normalized spacial score (nSPS) is 20.7. The van der Waals surface area contributed by atoms with Crippen molar-refractivity contribution < 1.29 is 19.0 Å². The van der Waals surface area contributed by atoms with Gasteiger partial charge in [-0.15, -0.1) is 0 Å². The predicted molar refractivity (Wildman–Crippen MR) is 90.2 cm³/mol. The molecule has 0 spiro atoms. The number of hydrogen-bond donors (Lipinski definition) is 0. The Morgan fingerprint density at radius 1 is 1.12 bits per heavy atom. The second-order valence-electron chi connectivity index (χ2n) is 6.84. The smallest absolute Gasteiger partial charge is 0.259 e. The van der Waals surface area contributed by atoms with Crippen LogP contribution in [0, 0.1) is 5.92 Å². The Balaban J connectivity index is 1.73. The number of aromatic nitrogens is 1. The van der Waals surface area contributed by atoms with Gasteiger partial charge in [-0.3, -0.25) is 9.59 Å². The Bertz CT molecular complexity index is 704. The number of fused-ring (bicyclic) bond motifs is 1. The predicted octanol–water partition coefficient (Wildman–Crippen LogP) is 0.682. The van der Waals surface area contributed by atoms with Crippen LogP contribution in [0.2, 0.25) is 0 Å². The first-order valence-electron chi connectivity index (χ1n) is 9.08. The number of hydrogen-bond acceptors (Lipinski definition) is 5. The number of nitrogens with zero attached hydrogens (tertiary/aromatic N) is 2. The van der Waals surface area contributed by atoms with Crippen LogP contribution in [0.4, 0.5) is 0 Å². The van der Waals surface area contributed by atoms with Gasteiger partial charge in [0.05, 0.1) is 33.0 Å². The van der Waals surface area contributed by atoms with Gasteiger partial charge in [-0.2, -0.15) is 0 Å². The molecule has 0 aromatic carbocycles. The molecule has 136 valence electrons. The lowest BCUT2D eigenvalue weighted by Gasteiger charge is -2.29. The third kappa shape index (κ3) is 3.57. The van der Waals surface area contributed by atoms with E-state index < -0.39 is 0 Å². The fraction of sp³-hybridized carbons (Fsp3) is 0.667. The van der Waals surface area contributed by atoms with Gasteiger partial charge in [0.15, 0.2) is 0 Å². The van der Waals surface area contributed by atoms with Crippen molar-refractivity contribution in [1.82, 2.24) is 9.47 Å². The Hall–Kier alpha value is -1.86. The summed E-state index contributed by atoms with van der Waals surface area (Å²) in [4.78, 5) is 27.5. The van der Waals surface area contributed by atoms with E-state index >= 15 is 0 Å². The van der Waals surface area contributed by atoms with Crippen LogP contribution in [-0.4, -0.2) is 61.5 Å². The lowest BCUT2D eigenvalue weighted by Crippen LogP contribution is -2.42. The highest BCUT2D eigenvalue weighted by molar-refractivity contribution is 5.98. The van der Waals surface area contributed by atoms with Crippen LogP contribution >= 0.6 is 0 Å². The van der Waals surface area contributed by atoms with E-state index in [1.807, 2.05) is 0 Å². The molecule has 0 radical (unpaired) electrons. The first kappa shape index (κ1) is 16.6. The summed E-state index contributed by atoms with van der Waals surface area (Å²) in [5, 5.41) is 0. The Kier molecular flexibility index (Phi) is 4.76. The molecule has 25 heavy (non-hydrogen) atoms. The van der Waals surface area contributed by atoms with Crippen molar-refractivity contribution in [2.75, 3.05) is 46.1 Å². The van der Waals surface area contributed by atoms with E-state index in [-0.39, 0.29) is 11.5 Å². The monoisotopic (exact) mass is 348 g/mol. The molecular weight excluding hydrogens is 324 g/mol. The molecule has 3 aliphatic rings. The molecule has 7 heteroatoms. The second kappa shape index (κ2) is 7.17. The largest absolute Gasteiger partial charge is 0.492 e. The minimum Gasteiger partial charge on any atom is -0.492 e. The summed E-state index contributed by atoms with van der Waals surface area (Å²) >= 11 is 0. The lowest BCUT2D eigenvalue weighted by molar-refractivity contribution is 0.0298. The molecule has 0 atom stereocenters. The lowest BCUT2D eigenvalue weighted by atomic mass is 10.1. The molecule has 0 unspecified atom stereocenters. The molecule has 2 aliphatic heterocycles. The van der Waals surface area contributed by atoms with E-state index in [4.69, 9.17) is 14.2 Å². The number of ether oxygens (including phenoxy) is 3. The molecular formula is C18H24N2O5.